The largest absolute Gasteiger partial charge is 0.376 e. The van der Waals surface area contributed by atoms with Gasteiger partial charge in [0.15, 0.2) is 0 Å². The summed E-state index contributed by atoms with van der Waals surface area (Å²) in [4.78, 5) is 6.72. The van der Waals surface area contributed by atoms with E-state index in [9.17, 15) is 0 Å². The Balaban J connectivity index is 2.02. The highest BCUT2D eigenvalue weighted by molar-refractivity contribution is 5.42. The van der Waals surface area contributed by atoms with Crippen molar-refractivity contribution in [2.45, 2.75) is 19.6 Å². The van der Waals surface area contributed by atoms with Gasteiger partial charge in [0.1, 0.15) is 5.82 Å². The van der Waals surface area contributed by atoms with Gasteiger partial charge in [0.2, 0.25) is 0 Å². The lowest BCUT2D eigenvalue weighted by molar-refractivity contribution is -0.0211. The number of ether oxygens (including phenoxy) is 1. The standard InChI is InChI=1S/C12H19N3O/c1-10-8-15(6-7-16-10)9-11-4-3-5-14-12(11)13-2/h3-5,10H,6-9H2,1-2H3,(H,13,14). The minimum Gasteiger partial charge on any atom is -0.376 e. The summed E-state index contributed by atoms with van der Waals surface area (Å²) >= 11 is 0. The first kappa shape index (κ1) is 11.4. The Hall–Kier alpha value is -1.13. The minimum atomic E-state index is 0.337. The molecule has 2 heterocycles. The van der Waals surface area contributed by atoms with Gasteiger partial charge >= 0.3 is 0 Å². The van der Waals surface area contributed by atoms with E-state index < -0.39 is 0 Å². The Bertz CT molecular complexity index is 343. The molecule has 0 bridgehead atoms. The Morgan fingerprint density at radius 2 is 2.50 bits per heavy atom. The summed E-state index contributed by atoms with van der Waals surface area (Å²) in [5.41, 5.74) is 1.25. The van der Waals surface area contributed by atoms with Crippen LogP contribution in [0.15, 0.2) is 18.3 Å². The normalized spacial score (nSPS) is 22.0. The van der Waals surface area contributed by atoms with E-state index in [1.165, 1.54) is 5.56 Å². The number of aromatic nitrogens is 1. The van der Waals surface area contributed by atoms with Crippen LogP contribution in [0.1, 0.15) is 12.5 Å². The first-order valence-electron chi connectivity index (χ1n) is 5.75. The second-order valence-electron chi connectivity index (χ2n) is 4.18. The molecule has 1 saturated heterocycles. The number of pyridine rings is 1. The third kappa shape index (κ3) is 2.71. The van der Waals surface area contributed by atoms with Crippen molar-refractivity contribution in [1.82, 2.24) is 9.88 Å². The van der Waals surface area contributed by atoms with E-state index in [1.807, 2.05) is 19.3 Å². The van der Waals surface area contributed by atoms with Gasteiger partial charge in [-0.2, -0.15) is 0 Å². The fourth-order valence-electron chi connectivity index (χ4n) is 2.07. The molecule has 88 valence electrons. The molecule has 2 rings (SSSR count). The van der Waals surface area contributed by atoms with Gasteiger partial charge in [-0.05, 0) is 13.0 Å². The van der Waals surface area contributed by atoms with Crippen LogP contribution >= 0.6 is 0 Å². The monoisotopic (exact) mass is 221 g/mol. The van der Waals surface area contributed by atoms with Gasteiger partial charge in [-0.3, -0.25) is 4.90 Å². The van der Waals surface area contributed by atoms with Crippen LogP contribution in [0.4, 0.5) is 5.82 Å². The second kappa shape index (κ2) is 5.27. The fraction of sp³-hybridized carbons (Fsp3) is 0.583. The van der Waals surface area contributed by atoms with Crippen molar-refractivity contribution in [3.05, 3.63) is 23.9 Å². The van der Waals surface area contributed by atoms with Gasteiger partial charge in [0.25, 0.3) is 0 Å². The highest BCUT2D eigenvalue weighted by Gasteiger charge is 2.17. The molecule has 1 aliphatic rings. The summed E-state index contributed by atoms with van der Waals surface area (Å²) in [6.07, 6.45) is 2.15. The third-order valence-electron chi connectivity index (χ3n) is 2.85. The van der Waals surface area contributed by atoms with E-state index >= 15 is 0 Å². The quantitative estimate of drug-likeness (QED) is 0.836. The molecule has 0 radical (unpaired) electrons. The molecule has 1 aromatic heterocycles. The molecular weight excluding hydrogens is 202 g/mol. The van der Waals surface area contributed by atoms with Crippen LogP contribution in [0.5, 0.6) is 0 Å². The topological polar surface area (TPSA) is 37.4 Å². The zero-order valence-electron chi connectivity index (χ0n) is 9.94. The molecule has 0 saturated carbocycles. The summed E-state index contributed by atoms with van der Waals surface area (Å²) < 4.78 is 5.53. The van der Waals surface area contributed by atoms with E-state index in [2.05, 4.69) is 28.2 Å². The van der Waals surface area contributed by atoms with E-state index in [-0.39, 0.29) is 0 Å². The van der Waals surface area contributed by atoms with Gasteiger partial charge < -0.3 is 10.1 Å². The van der Waals surface area contributed by atoms with Crippen molar-refractivity contribution in [3.8, 4) is 0 Å². The Labute approximate surface area is 96.6 Å². The SMILES string of the molecule is CNc1ncccc1CN1CCOC(C)C1. The zero-order valence-corrected chi connectivity index (χ0v) is 9.94. The van der Waals surface area contributed by atoms with Crippen LogP contribution in [-0.4, -0.2) is 42.7 Å². The lowest BCUT2D eigenvalue weighted by atomic mass is 10.2. The maximum Gasteiger partial charge on any atom is 0.130 e. The van der Waals surface area contributed by atoms with Crippen LogP contribution in [0.25, 0.3) is 0 Å². The fourth-order valence-corrected chi connectivity index (χ4v) is 2.07. The van der Waals surface area contributed by atoms with Gasteiger partial charge in [-0.1, -0.05) is 6.07 Å². The van der Waals surface area contributed by atoms with Gasteiger partial charge in [-0.15, -0.1) is 0 Å². The maximum atomic E-state index is 5.53. The number of hydrogen-bond acceptors (Lipinski definition) is 4. The number of anilines is 1. The number of morpholine rings is 1. The van der Waals surface area contributed by atoms with Crippen molar-refractivity contribution in [2.75, 3.05) is 32.1 Å². The molecule has 0 spiro atoms. The molecule has 16 heavy (non-hydrogen) atoms. The molecular formula is C12H19N3O. The van der Waals surface area contributed by atoms with Gasteiger partial charge in [0.05, 0.1) is 12.7 Å². The van der Waals surface area contributed by atoms with Crippen molar-refractivity contribution >= 4 is 5.82 Å². The predicted octanol–water partition coefficient (Wildman–Crippen LogP) is 1.34. The van der Waals surface area contributed by atoms with Crippen molar-refractivity contribution in [1.29, 1.82) is 0 Å². The highest BCUT2D eigenvalue weighted by atomic mass is 16.5. The molecule has 1 fully saturated rings. The molecule has 1 unspecified atom stereocenters. The number of rotatable bonds is 3. The average molecular weight is 221 g/mol. The first-order chi connectivity index (χ1) is 7.79. The molecule has 1 aliphatic heterocycles. The summed E-state index contributed by atoms with van der Waals surface area (Å²) in [7, 11) is 1.91. The molecule has 1 aromatic rings. The van der Waals surface area contributed by atoms with Crippen LogP contribution in [0.3, 0.4) is 0 Å². The van der Waals surface area contributed by atoms with Gasteiger partial charge in [0, 0.05) is 38.4 Å². The van der Waals surface area contributed by atoms with Crippen molar-refractivity contribution < 1.29 is 4.74 Å². The first-order valence-corrected chi connectivity index (χ1v) is 5.75. The molecule has 0 aromatic carbocycles. The van der Waals surface area contributed by atoms with Crippen LogP contribution in [0, 0.1) is 0 Å². The molecule has 4 heteroatoms. The number of nitrogens with zero attached hydrogens (tertiary/aromatic N) is 2. The van der Waals surface area contributed by atoms with Crippen LogP contribution < -0.4 is 5.32 Å². The lowest BCUT2D eigenvalue weighted by Gasteiger charge is -2.31. The third-order valence-corrected chi connectivity index (χ3v) is 2.85. The summed E-state index contributed by atoms with van der Waals surface area (Å²) in [6, 6.07) is 4.11. The molecule has 1 N–H and O–H groups in total. The second-order valence-corrected chi connectivity index (χ2v) is 4.18. The van der Waals surface area contributed by atoms with E-state index in [1.54, 1.807) is 0 Å². The van der Waals surface area contributed by atoms with Crippen LogP contribution in [-0.2, 0) is 11.3 Å². The smallest absolute Gasteiger partial charge is 0.130 e. The summed E-state index contributed by atoms with van der Waals surface area (Å²) in [5.74, 6) is 0.974. The number of nitrogens with one attached hydrogen (secondary N) is 1. The Kier molecular flexibility index (Phi) is 3.74. The molecule has 0 amide bonds. The summed E-state index contributed by atoms with van der Waals surface area (Å²) in [5, 5.41) is 3.13. The highest BCUT2D eigenvalue weighted by Crippen LogP contribution is 2.15. The molecule has 1 atom stereocenters. The van der Waals surface area contributed by atoms with Crippen molar-refractivity contribution in [2.24, 2.45) is 0 Å². The van der Waals surface area contributed by atoms with E-state index in [0.717, 1.165) is 32.1 Å². The van der Waals surface area contributed by atoms with Gasteiger partial charge in [-0.25, -0.2) is 4.98 Å². The number of hydrogen-bond donors (Lipinski definition) is 1. The molecule has 4 nitrogen and oxygen atoms in total. The zero-order chi connectivity index (χ0) is 11.4. The van der Waals surface area contributed by atoms with E-state index in [0.29, 0.717) is 6.10 Å². The Morgan fingerprint density at radius 3 is 3.25 bits per heavy atom. The maximum absolute atomic E-state index is 5.53. The van der Waals surface area contributed by atoms with Crippen molar-refractivity contribution in [3.63, 3.8) is 0 Å². The van der Waals surface area contributed by atoms with E-state index in [4.69, 9.17) is 4.74 Å². The average Bonchev–Trinajstić information content (AvgIpc) is 2.30. The lowest BCUT2D eigenvalue weighted by Crippen LogP contribution is -2.40. The summed E-state index contributed by atoms with van der Waals surface area (Å²) in [6.45, 7) is 5.89. The predicted molar refractivity (Wildman–Crippen MR) is 64.5 cm³/mol. The Morgan fingerprint density at radius 1 is 1.62 bits per heavy atom. The van der Waals surface area contributed by atoms with Crippen LogP contribution in [0.2, 0.25) is 0 Å². The minimum absolute atomic E-state index is 0.337. The molecule has 0 aliphatic carbocycles.